The second kappa shape index (κ2) is 11.0. The number of likely N-dealkylation sites (tertiary alicyclic amines) is 1. The van der Waals surface area contributed by atoms with E-state index in [1.165, 1.54) is 0 Å². The molecule has 0 N–H and O–H groups in total. The number of nitrogens with zero attached hydrogens (tertiary/aromatic N) is 4. The van der Waals surface area contributed by atoms with Gasteiger partial charge in [-0.1, -0.05) is 34.4 Å². The van der Waals surface area contributed by atoms with Crippen molar-refractivity contribution in [2.45, 2.75) is 31.3 Å². The molecule has 0 radical (unpaired) electrons. The van der Waals surface area contributed by atoms with E-state index in [1.54, 1.807) is 55.0 Å². The lowest BCUT2D eigenvalue weighted by atomic mass is 9.97. The molecular formula is C25H24Cl2N4O4S. The van der Waals surface area contributed by atoms with E-state index in [1.807, 2.05) is 10.3 Å². The minimum absolute atomic E-state index is 0.0529. The Morgan fingerprint density at radius 3 is 2.75 bits per heavy atom. The zero-order valence-corrected chi connectivity index (χ0v) is 21.9. The van der Waals surface area contributed by atoms with Gasteiger partial charge in [-0.25, -0.2) is 9.97 Å². The number of methoxy groups -OCH3 is 1. The first kappa shape index (κ1) is 24.8. The molecule has 4 heterocycles. The average Bonchev–Trinajstić information content (AvgIpc) is 3.58. The fourth-order valence-corrected chi connectivity index (χ4v) is 5.95. The molecule has 2 aromatic heterocycles. The summed E-state index contributed by atoms with van der Waals surface area (Å²) in [5.74, 6) is 1.24. The summed E-state index contributed by atoms with van der Waals surface area (Å²) in [6.07, 6.45) is 3.51. The molecular weight excluding hydrogens is 523 g/mol. The first-order valence-corrected chi connectivity index (χ1v) is 13.2. The van der Waals surface area contributed by atoms with Crippen molar-refractivity contribution < 1.29 is 19.1 Å². The van der Waals surface area contributed by atoms with Gasteiger partial charge in [0.05, 0.1) is 17.8 Å². The maximum atomic E-state index is 12.6. The van der Waals surface area contributed by atoms with Gasteiger partial charge in [0.1, 0.15) is 11.5 Å². The molecule has 0 aliphatic carbocycles. The molecule has 0 saturated carbocycles. The Bertz CT molecular complexity index is 1260. The number of amides is 1. The molecule has 188 valence electrons. The van der Waals surface area contributed by atoms with Crippen LogP contribution in [-0.4, -0.2) is 53.3 Å². The van der Waals surface area contributed by atoms with Gasteiger partial charge in [-0.3, -0.25) is 4.79 Å². The highest BCUT2D eigenvalue weighted by Gasteiger charge is 2.30. The Morgan fingerprint density at radius 2 is 2.00 bits per heavy atom. The molecule has 11 heteroatoms. The minimum atomic E-state index is -0.324. The number of pyridine rings is 1. The van der Waals surface area contributed by atoms with Gasteiger partial charge in [0, 0.05) is 58.7 Å². The highest BCUT2D eigenvalue weighted by atomic mass is 35.5. The standard InChI is InChI=1S/C25H24Cl2N4O4S/c1-33-16-5-8-28-22(11-16)34-13-23(32)31-9-6-15(7-10-31)25-29-20(14-36-25)19-12-21(35-30-19)24-17(26)3-2-4-18(24)27/h2-5,8,11,14-15,21H,6-7,9-10,12-13H2,1H3. The molecule has 3 aromatic rings. The minimum Gasteiger partial charge on any atom is -0.497 e. The van der Waals surface area contributed by atoms with Crippen LogP contribution in [0, 0.1) is 0 Å². The van der Waals surface area contributed by atoms with Gasteiger partial charge in [0.2, 0.25) is 5.88 Å². The highest BCUT2D eigenvalue weighted by molar-refractivity contribution is 7.10. The van der Waals surface area contributed by atoms with E-state index in [0.29, 0.717) is 47.1 Å². The summed E-state index contributed by atoms with van der Waals surface area (Å²) >= 11 is 14.3. The van der Waals surface area contributed by atoms with E-state index in [9.17, 15) is 4.79 Å². The van der Waals surface area contributed by atoms with Crippen LogP contribution < -0.4 is 9.47 Å². The third kappa shape index (κ3) is 5.43. The van der Waals surface area contributed by atoms with Crippen molar-refractivity contribution in [3.8, 4) is 11.6 Å². The lowest BCUT2D eigenvalue weighted by Crippen LogP contribution is -2.40. The fraction of sp³-hybridized carbons (Fsp3) is 0.360. The van der Waals surface area contributed by atoms with Crippen LogP contribution in [0.25, 0.3) is 0 Å². The molecule has 5 rings (SSSR count). The van der Waals surface area contributed by atoms with Crippen LogP contribution in [-0.2, 0) is 9.63 Å². The van der Waals surface area contributed by atoms with Crippen LogP contribution in [0.4, 0.5) is 0 Å². The van der Waals surface area contributed by atoms with E-state index in [2.05, 4.69) is 10.1 Å². The molecule has 0 bridgehead atoms. The maximum Gasteiger partial charge on any atom is 0.260 e. The Kier molecular flexibility index (Phi) is 7.59. The lowest BCUT2D eigenvalue weighted by molar-refractivity contribution is -0.134. The van der Waals surface area contributed by atoms with Crippen molar-refractivity contribution in [3.63, 3.8) is 0 Å². The number of hydrogen-bond donors (Lipinski definition) is 0. The number of oxime groups is 1. The molecule has 1 unspecified atom stereocenters. The summed E-state index contributed by atoms with van der Waals surface area (Å²) in [5, 5.41) is 8.45. The SMILES string of the molecule is COc1ccnc(OCC(=O)N2CCC(c3nc(C4=NOC(c5c(Cl)cccc5Cl)C4)cs3)CC2)c1. The van der Waals surface area contributed by atoms with Crippen molar-refractivity contribution >= 4 is 46.2 Å². The number of aromatic nitrogens is 2. The van der Waals surface area contributed by atoms with Gasteiger partial charge in [-0.05, 0) is 31.0 Å². The van der Waals surface area contributed by atoms with E-state index in [4.69, 9.17) is 42.5 Å². The smallest absolute Gasteiger partial charge is 0.260 e. The highest BCUT2D eigenvalue weighted by Crippen LogP contribution is 2.39. The van der Waals surface area contributed by atoms with Crippen LogP contribution in [0.1, 0.15) is 47.5 Å². The lowest BCUT2D eigenvalue weighted by Gasteiger charge is -2.31. The number of hydrogen-bond acceptors (Lipinski definition) is 8. The van der Waals surface area contributed by atoms with Crippen molar-refractivity contribution in [3.05, 3.63) is 68.2 Å². The first-order chi connectivity index (χ1) is 17.5. The predicted molar refractivity (Wildman–Crippen MR) is 138 cm³/mol. The van der Waals surface area contributed by atoms with Gasteiger partial charge in [-0.15, -0.1) is 11.3 Å². The van der Waals surface area contributed by atoms with Crippen molar-refractivity contribution in [1.82, 2.24) is 14.9 Å². The number of rotatable bonds is 7. The van der Waals surface area contributed by atoms with Gasteiger partial charge in [-0.2, -0.15) is 0 Å². The quantitative estimate of drug-likeness (QED) is 0.388. The van der Waals surface area contributed by atoms with E-state index >= 15 is 0 Å². The Hall–Kier alpha value is -2.88. The molecule has 1 aromatic carbocycles. The largest absolute Gasteiger partial charge is 0.497 e. The van der Waals surface area contributed by atoms with Crippen LogP contribution in [0.15, 0.2) is 47.1 Å². The maximum absolute atomic E-state index is 12.6. The third-order valence-electron chi connectivity index (χ3n) is 6.29. The molecule has 1 atom stereocenters. The van der Waals surface area contributed by atoms with E-state index < -0.39 is 0 Å². The zero-order valence-electron chi connectivity index (χ0n) is 19.5. The van der Waals surface area contributed by atoms with Gasteiger partial charge in [0.25, 0.3) is 5.91 Å². The number of thiazole rings is 1. The van der Waals surface area contributed by atoms with E-state index in [0.717, 1.165) is 34.8 Å². The fourth-order valence-electron chi connectivity index (χ4n) is 4.31. The number of carbonyl (C=O) groups excluding carboxylic acids is 1. The Labute approximate surface area is 222 Å². The number of halogens is 2. The summed E-state index contributed by atoms with van der Waals surface area (Å²) in [6, 6.07) is 8.78. The number of carbonyl (C=O) groups is 1. The number of benzene rings is 1. The average molecular weight is 547 g/mol. The van der Waals surface area contributed by atoms with Crippen LogP contribution >= 0.6 is 34.5 Å². The molecule has 2 aliphatic heterocycles. The monoisotopic (exact) mass is 546 g/mol. The summed E-state index contributed by atoms with van der Waals surface area (Å²) in [5.41, 5.74) is 2.35. The van der Waals surface area contributed by atoms with Gasteiger partial charge < -0.3 is 19.2 Å². The van der Waals surface area contributed by atoms with Crippen LogP contribution in [0.3, 0.4) is 0 Å². The second-order valence-electron chi connectivity index (χ2n) is 8.52. The third-order valence-corrected chi connectivity index (χ3v) is 7.96. The molecule has 1 amide bonds. The predicted octanol–water partition coefficient (Wildman–Crippen LogP) is 5.50. The summed E-state index contributed by atoms with van der Waals surface area (Å²) < 4.78 is 10.7. The second-order valence-corrected chi connectivity index (χ2v) is 10.2. The Morgan fingerprint density at radius 1 is 1.22 bits per heavy atom. The Balaban J connectivity index is 1.13. The number of piperidine rings is 1. The van der Waals surface area contributed by atoms with Gasteiger partial charge >= 0.3 is 0 Å². The van der Waals surface area contributed by atoms with E-state index in [-0.39, 0.29) is 18.6 Å². The van der Waals surface area contributed by atoms with Gasteiger partial charge in [0.15, 0.2) is 12.7 Å². The topological polar surface area (TPSA) is 86.1 Å². The van der Waals surface area contributed by atoms with Crippen LogP contribution in [0.2, 0.25) is 10.0 Å². The molecule has 36 heavy (non-hydrogen) atoms. The summed E-state index contributed by atoms with van der Waals surface area (Å²) in [4.78, 5) is 29.1. The van der Waals surface area contributed by atoms with Crippen molar-refractivity contribution in [2.24, 2.45) is 5.16 Å². The molecule has 1 saturated heterocycles. The molecule has 0 spiro atoms. The summed E-state index contributed by atoms with van der Waals surface area (Å²) in [6.45, 7) is 1.26. The normalized spacial score (nSPS) is 18.0. The molecule has 2 aliphatic rings. The van der Waals surface area contributed by atoms with Crippen molar-refractivity contribution in [2.75, 3.05) is 26.8 Å². The molecule has 8 nitrogen and oxygen atoms in total. The zero-order chi connectivity index (χ0) is 25.1. The van der Waals surface area contributed by atoms with Crippen LogP contribution in [0.5, 0.6) is 11.6 Å². The first-order valence-electron chi connectivity index (χ1n) is 11.5. The summed E-state index contributed by atoms with van der Waals surface area (Å²) in [7, 11) is 1.57. The van der Waals surface area contributed by atoms with Crippen molar-refractivity contribution in [1.29, 1.82) is 0 Å². The number of ether oxygens (including phenoxy) is 2. The molecule has 1 fully saturated rings.